The molecule has 3 rings (SSSR count). The van der Waals surface area contributed by atoms with Crippen LogP contribution in [0.15, 0.2) is 24.3 Å². The first-order valence-corrected chi connectivity index (χ1v) is 7.62. The zero-order chi connectivity index (χ0) is 13.9. The van der Waals surface area contributed by atoms with Gasteiger partial charge in [0.2, 0.25) is 0 Å². The van der Waals surface area contributed by atoms with Crippen LogP contribution < -0.4 is 0 Å². The molecule has 20 heavy (non-hydrogen) atoms. The van der Waals surface area contributed by atoms with Crippen molar-refractivity contribution in [1.82, 2.24) is 9.80 Å². The van der Waals surface area contributed by atoms with Crippen LogP contribution in [-0.2, 0) is 6.54 Å². The van der Waals surface area contributed by atoms with Crippen LogP contribution in [0.5, 0.6) is 0 Å². The first-order valence-electron chi connectivity index (χ1n) is 7.62. The normalized spacial score (nSPS) is 28.9. The van der Waals surface area contributed by atoms with Gasteiger partial charge in [-0.05, 0) is 38.4 Å². The maximum Gasteiger partial charge on any atom is 0.127 e. The minimum Gasteiger partial charge on any atom is -0.390 e. The summed E-state index contributed by atoms with van der Waals surface area (Å²) in [6.07, 6.45) is 3.17. The largest absolute Gasteiger partial charge is 0.390 e. The van der Waals surface area contributed by atoms with Crippen LogP contribution in [0.4, 0.5) is 4.39 Å². The van der Waals surface area contributed by atoms with Gasteiger partial charge < -0.3 is 5.11 Å². The molecule has 0 aromatic heterocycles. The molecule has 3 nitrogen and oxygen atoms in total. The topological polar surface area (TPSA) is 26.7 Å². The number of nitrogens with zero attached hydrogens (tertiary/aromatic N) is 2. The third-order valence-corrected chi connectivity index (χ3v) is 4.59. The van der Waals surface area contributed by atoms with Gasteiger partial charge in [0.25, 0.3) is 0 Å². The van der Waals surface area contributed by atoms with Crippen LogP contribution in [0, 0.1) is 5.82 Å². The molecule has 2 heterocycles. The van der Waals surface area contributed by atoms with Crippen LogP contribution in [0.3, 0.4) is 0 Å². The number of β-amino-alcohol motifs (C(OH)–C–C–N with tert-alkyl or cyclic N) is 1. The van der Waals surface area contributed by atoms with Crippen LogP contribution in [-0.4, -0.2) is 53.2 Å². The molecule has 2 fully saturated rings. The van der Waals surface area contributed by atoms with Gasteiger partial charge >= 0.3 is 0 Å². The summed E-state index contributed by atoms with van der Waals surface area (Å²) in [7, 11) is 0. The minimum atomic E-state index is -0.311. The molecule has 0 radical (unpaired) electrons. The van der Waals surface area contributed by atoms with Crippen molar-refractivity contribution >= 4 is 0 Å². The molecule has 0 unspecified atom stereocenters. The monoisotopic (exact) mass is 278 g/mol. The van der Waals surface area contributed by atoms with Crippen LogP contribution >= 0.6 is 0 Å². The summed E-state index contributed by atoms with van der Waals surface area (Å²) in [5, 5.41) is 10.4. The lowest BCUT2D eigenvalue weighted by Gasteiger charge is -2.40. The summed E-state index contributed by atoms with van der Waals surface area (Å²) < 4.78 is 13.7. The first-order chi connectivity index (χ1) is 9.74. The maximum atomic E-state index is 13.7. The molecular formula is C16H23FN2O. The molecule has 1 aromatic rings. The van der Waals surface area contributed by atoms with Gasteiger partial charge in [0.15, 0.2) is 0 Å². The molecule has 0 spiro atoms. The lowest BCUT2D eigenvalue weighted by atomic mass is 9.99. The fraction of sp³-hybridized carbons (Fsp3) is 0.625. The van der Waals surface area contributed by atoms with Crippen molar-refractivity contribution in [2.24, 2.45) is 0 Å². The van der Waals surface area contributed by atoms with Crippen molar-refractivity contribution in [3.05, 3.63) is 35.6 Å². The molecule has 2 aliphatic rings. The quantitative estimate of drug-likeness (QED) is 0.914. The number of aliphatic hydroxyl groups excluding tert-OH is 1. The van der Waals surface area contributed by atoms with Crippen molar-refractivity contribution in [1.29, 1.82) is 0 Å². The molecule has 0 amide bonds. The van der Waals surface area contributed by atoms with E-state index >= 15 is 0 Å². The van der Waals surface area contributed by atoms with Gasteiger partial charge in [0.05, 0.1) is 6.10 Å². The predicted octanol–water partition coefficient (Wildman–Crippen LogP) is 1.86. The van der Waals surface area contributed by atoms with E-state index in [1.165, 1.54) is 18.9 Å². The van der Waals surface area contributed by atoms with Crippen LogP contribution in [0.2, 0.25) is 0 Å². The Balaban J connectivity index is 1.58. The Morgan fingerprint density at radius 3 is 2.60 bits per heavy atom. The summed E-state index contributed by atoms with van der Waals surface area (Å²) in [5.41, 5.74) is 0.722. The number of halogens is 1. The third kappa shape index (κ3) is 3.03. The van der Waals surface area contributed by atoms with Gasteiger partial charge in [-0.25, -0.2) is 4.39 Å². The molecule has 1 aromatic carbocycles. The number of likely N-dealkylation sites (tertiary alicyclic amines) is 2. The zero-order valence-corrected chi connectivity index (χ0v) is 11.8. The lowest BCUT2D eigenvalue weighted by molar-refractivity contribution is -0.00766. The molecule has 110 valence electrons. The summed E-state index contributed by atoms with van der Waals surface area (Å²) >= 11 is 0. The van der Waals surface area contributed by atoms with E-state index in [0.717, 1.165) is 31.6 Å². The fourth-order valence-electron chi connectivity index (χ4n) is 3.50. The highest BCUT2D eigenvalue weighted by molar-refractivity contribution is 5.17. The Hall–Kier alpha value is -0.970. The van der Waals surface area contributed by atoms with Crippen molar-refractivity contribution in [2.75, 3.05) is 26.2 Å². The third-order valence-electron chi connectivity index (χ3n) is 4.59. The summed E-state index contributed by atoms with van der Waals surface area (Å²) in [5.74, 6) is -0.149. The Morgan fingerprint density at radius 1 is 1.15 bits per heavy atom. The van der Waals surface area contributed by atoms with Gasteiger partial charge in [-0.3, -0.25) is 9.80 Å². The Morgan fingerprint density at radius 2 is 1.90 bits per heavy atom. The first kappa shape index (κ1) is 14.0. The summed E-state index contributed by atoms with van der Waals surface area (Å²) in [6.45, 7) is 4.42. The smallest absolute Gasteiger partial charge is 0.127 e. The second-order valence-corrected chi connectivity index (χ2v) is 5.99. The molecule has 4 heteroatoms. The Bertz CT molecular complexity index is 448. The highest BCUT2D eigenvalue weighted by Crippen LogP contribution is 2.23. The standard InChI is InChI=1S/C16H23FN2O/c17-14-6-2-1-5-13(14)11-18-10-7-15(16(20)12-18)19-8-3-4-9-19/h1-2,5-6,15-16,20H,3-4,7-12H2/t15-,16-/m1/s1. The van der Waals surface area contributed by atoms with E-state index in [1.54, 1.807) is 6.07 Å². The highest BCUT2D eigenvalue weighted by atomic mass is 19.1. The van der Waals surface area contributed by atoms with Gasteiger partial charge in [-0.1, -0.05) is 18.2 Å². The summed E-state index contributed by atoms with van der Waals surface area (Å²) in [6, 6.07) is 7.21. The van der Waals surface area contributed by atoms with E-state index in [1.807, 2.05) is 12.1 Å². The lowest BCUT2D eigenvalue weighted by Crippen LogP contribution is -2.53. The number of rotatable bonds is 3. The van der Waals surface area contributed by atoms with Gasteiger partial charge in [0.1, 0.15) is 5.82 Å². The van der Waals surface area contributed by atoms with Crippen molar-refractivity contribution < 1.29 is 9.50 Å². The maximum absolute atomic E-state index is 13.7. The Labute approximate surface area is 120 Å². The minimum absolute atomic E-state index is 0.149. The summed E-state index contributed by atoms with van der Waals surface area (Å²) in [4.78, 5) is 4.58. The zero-order valence-electron chi connectivity index (χ0n) is 11.8. The molecule has 0 aliphatic carbocycles. The van der Waals surface area contributed by atoms with Crippen LogP contribution in [0.25, 0.3) is 0 Å². The second-order valence-electron chi connectivity index (χ2n) is 5.99. The molecule has 2 aliphatic heterocycles. The predicted molar refractivity (Wildman–Crippen MR) is 76.9 cm³/mol. The molecule has 2 atom stereocenters. The van der Waals surface area contributed by atoms with E-state index in [2.05, 4.69) is 9.80 Å². The van der Waals surface area contributed by atoms with E-state index in [4.69, 9.17) is 0 Å². The number of aliphatic hydroxyl groups is 1. The molecule has 0 saturated carbocycles. The molecule has 0 bridgehead atoms. The van der Waals surface area contributed by atoms with Gasteiger partial charge in [-0.15, -0.1) is 0 Å². The van der Waals surface area contributed by atoms with E-state index in [-0.39, 0.29) is 11.9 Å². The Kier molecular flexibility index (Phi) is 4.34. The fourth-order valence-corrected chi connectivity index (χ4v) is 3.50. The van der Waals surface area contributed by atoms with Crippen molar-refractivity contribution in [2.45, 2.75) is 38.0 Å². The SMILES string of the molecule is O[C@@H]1CN(Cc2ccccc2F)CC[C@H]1N1CCCC1. The highest BCUT2D eigenvalue weighted by Gasteiger charge is 2.33. The molecule has 2 saturated heterocycles. The van der Waals surface area contributed by atoms with Gasteiger partial charge in [-0.2, -0.15) is 0 Å². The van der Waals surface area contributed by atoms with Crippen molar-refractivity contribution in [3.8, 4) is 0 Å². The van der Waals surface area contributed by atoms with E-state index in [9.17, 15) is 9.50 Å². The van der Waals surface area contributed by atoms with Crippen molar-refractivity contribution in [3.63, 3.8) is 0 Å². The second kappa shape index (κ2) is 6.20. The number of piperidine rings is 1. The van der Waals surface area contributed by atoms with Crippen LogP contribution in [0.1, 0.15) is 24.8 Å². The average Bonchev–Trinajstić information content (AvgIpc) is 2.95. The average molecular weight is 278 g/mol. The molecule has 1 N–H and O–H groups in total. The van der Waals surface area contributed by atoms with Gasteiger partial charge in [0, 0.05) is 31.2 Å². The molecular weight excluding hydrogens is 255 g/mol. The number of hydrogen-bond acceptors (Lipinski definition) is 3. The van der Waals surface area contributed by atoms with E-state index in [0.29, 0.717) is 19.1 Å². The number of benzene rings is 1. The number of hydrogen-bond donors (Lipinski definition) is 1. The van der Waals surface area contributed by atoms with E-state index < -0.39 is 0 Å².